The molecule has 1 nitrogen and oxygen atoms in total. The predicted octanol–water partition coefficient (Wildman–Crippen LogP) is 2.36. The van der Waals surface area contributed by atoms with Gasteiger partial charge in [-0.15, -0.1) is 6.58 Å². The summed E-state index contributed by atoms with van der Waals surface area (Å²) in [5, 5.41) is 4.24. The normalized spacial score (nSPS) is 9.70. The first-order chi connectivity index (χ1) is 4.91. The molecule has 0 saturated heterocycles. The van der Waals surface area contributed by atoms with Crippen molar-refractivity contribution < 1.29 is 0 Å². The lowest BCUT2D eigenvalue weighted by molar-refractivity contribution is 0.614. The first kappa shape index (κ1) is 9.70. The van der Waals surface area contributed by atoms with E-state index in [0.29, 0.717) is 0 Å². The van der Waals surface area contributed by atoms with Gasteiger partial charge in [0.2, 0.25) is 0 Å². The van der Waals surface area contributed by atoms with Crippen LogP contribution < -0.4 is 5.32 Å². The fourth-order valence-electron chi connectivity index (χ4n) is 0.833. The van der Waals surface area contributed by atoms with Crippen molar-refractivity contribution >= 4 is 0 Å². The molecule has 59 valence electrons. The monoisotopic (exact) mass is 140 g/mol. The maximum absolute atomic E-state index is 4.24. The molecule has 0 heterocycles. The largest absolute Gasteiger partial charge is 0.238 e. The third-order valence-electron chi connectivity index (χ3n) is 1.43. The second-order valence-electron chi connectivity index (χ2n) is 2.48. The van der Waals surface area contributed by atoms with Gasteiger partial charge in [-0.3, -0.25) is 0 Å². The van der Waals surface area contributed by atoms with Crippen LogP contribution in [0.5, 0.6) is 0 Å². The van der Waals surface area contributed by atoms with Crippen LogP contribution in [0.25, 0.3) is 0 Å². The molecule has 0 aromatic heterocycles. The molecule has 0 bridgehead atoms. The fraction of sp³-hybridized carbons (Fsp3) is 0.778. The number of unbranched alkanes of at least 4 members (excludes halogenated alkanes) is 3. The molecule has 10 heavy (non-hydrogen) atoms. The topological polar surface area (TPSA) is 14.1 Å². The molecule has 0 aliphatic rings. The highest BCUT2D eigenvalue weighted by molar-refractivity contribution is 4.68. The Bertz CT molecular complexity index is 69.1. The molecule has 0 aromatic carbocycles. The zero-order valence-electron chi connectivity index (χ0n) is 6.97. The van der Waals surface area contributed by atoms with E-state index < -0.39 is 0 Å². The quantitative estimate of drug-likeness (QED) is 0.381. The zero-order valence-corrected chi connectivity index (χ0v) is 6.97. The first-order valence-electron chi connectivity index (χ1n) is 4.16. The Hall–Kier alpha value is -0.300. The molecule has 0 aliphatic heterocycles. The Morgan fingerprint density at radius 1 is 1.30 bits per heavy atom. The minimum absolute atomic E-state index is 0.826. The molecule has 0 fully saturated rings. The summed E-state index contributed by atoms with van der Waals surface area (Å²) in [6, 6.07) is 0. The van der Waals surface area contributed by atoms with Gasteiger partial charge in [0, 0.05) is 13.1 Å². The van der Waals surface area contributed by atoms with Crippen molar-refractivity contribution in [1.29, 1.82) is 0 Å². The van der Waals surface area contributed by atoms with Crippen LogP contribution in [0.2, 0.25) is 0 Å². The van der Waals surface area contributed by atoms with Gasteiger partial charge in [0.1, 0.15) is 0 Å². The third kappa shape index (κ3) is 7.70. The standard InChI is InChI=1S/C9H18N/c1-3-5-6-7-9-10-8-4-2/h4H,2-3,5-9H2,1H3. The maximum Gasteiger partial charge on any atom is 0.0311 e. The number of nitrogens with zero attached hydrogens (tertiary/aromatic N) is 1. The van der Waals surface area contributed by atoms with Crippen LogP contribution in [0, 0.1) is 0 Å². The summed E-state index contributed by atoms with van der Waals surface area (Å²) in [5.41, 5.74) is 0. The highest BCUT2D eigenvalue weighted by Gasteiger charge is 1.86. The average Bonchev–Trinajstić information content (AvgIpc) is 1.97. The van der Waals surface area contributed by atoms with Gasteiger partial charge in [0.05, 0.1) is 0 Å². The van der Waals surface area contributed by atoms with E-state index in [0.717, 1.165) is 13.1 Å². The SMILES string of the molecule is C=CC[N]CCCCCC. The van der Waals surface area contributed by atoms with Crippen LogP contribution in [-0.2, 0) is 0 Å². The van der Waals surface area contributed by atoms with Crippen LogP contribution in [-0.4, -0.2) is 13.1 Å². The van der Waals surface area contributed by atoms with Gasteiger partial charge in [0.15, 0.2) is 0 Å². The van der Waals surface area contributed by atoms with Crippen molar-refractivity contribution in [3.05, 3.63) is 12.7 Å². The fourth-order valence-corrected chi connectivity index (χ4v) is 0.833. The smallest absolute Gasteiger partial charge is 0.0311 e. The van der Waals surface area contributed by atoms with E-state index in [-0.39, 0.29) is 0 Å². The second kappa shape index (κ2) is 8.70. The van der Waals surface area contributed by atoms with E-state index in [1.165, 1.54) is 25.7 Å². The lowest BCUT2D eigenvalue weighted by Gasteiger charge is -1.97. The Kier molecular flexibility index (Phi) is 8.44. The molecule has 0 N–H and O–H groups in total. The highest BCUT2D eigenvalue weighted by Crippen LogP contribution is 1.96. The summed E-state index contributed by atoms with van der Waals surface area (Å²) in [7, 11) is 0. The Morgan fingerprint density at radius 2 is 2.10 bits per heavy atom. The molecule has 1 radical (unpaired) electrons. The summed E-state index contributed by atoms with van der Waals surface area (Å²) < 4.78 is 0. The van der Waals surface area contributed by atoms with Crippen LogP contribution in [0.1, 0.15) is 32.6 Å². The molecule has 0 spiro atoms. The van der Waals surface area contributed by atoms with Crippen LogP contribution in [0.15, 0.2) is 12.7 Å². The molecular weight excluding hydrogens is 122 g/mol. The molecular formula is C9H18N. The maximum atomic E-state index is 4.24. The summed E-state index contributed by atoms with van der Waals surface area (Å²) in [4.78, 5) is 0. The summed E-state index contributed by atoms with van der Waals surface area (Å²) >= 11 is 0. The highest BCUT2D eigenvalue weighted by atomic mass is 14.8. The van der Waals surface area contributed by atoms with Crippen LogP contribution in [0.3, 0.4) is 0 Å². The molecule has 0 unspecified atom stereocenters. The van der Waals surface area contributed by atoms with Gasteiger partial charge < -0.3 is 0 Å². The number of hydrogen-bond acceptors (Lipinski definition) is 0. The summed E-state index contributed by atoms with van der Waals surface area (Å²) in [6.45, 7) is 7.67. The minimum atomic E-state index is 0.826. The Morgan fingerprint density at radius 3 is 2.70 bits per heavy atom. The van der Waals surface area contributed by atoms with Crippen molar-refractivity contribution in [2.45, 2.75) is 32.6 Å². The van der Waals surface area contributed by atoms with E-state index in [4.69, 9.17) is 0 Å². The first-order valence-corrected chi connectivity index (χ1v) is 4.16. The van der Waals surface area contributed by atoms with Crippen molar-refractivity contribution in [2.24, 2.45) is 0 Å². The van der Waals surface area contributed by atoms with E-state index in [2.05, 4.69) is 18.8 Å². The molecule has 1 heteroatoms. The lowest BCUT2D eigenvalue weighted by atomic mass is 10.2. The molecule has 0 aliphatic carbocycles. The third-order valence-corrected chi connectivity index (χ3v) is 1.43. The molecule has 0 saturated carbocycles. The molecule has 0 atom stereocenters. The van der Waals surface area contributed by atoms with Gasteiger partial charge in [-0.2, -0.15) is 0 Å². The molecule has 0 amide bonds. The zero-order chi connectivity index (χ0) is 7.66. The van der Waals surface area contributed by atoms with Crippen molar-refractivity contribution in [1.82, 2.24) is 5.32 Å². The lowest BCUT2D eigenvalue weighted by Crippen LogP contribution is -2.05. The van der Waals surface area contributed by atoms with Crippen molar-refractivity contribution in [3.8, 4) is 0 Å². The van der Waals surface area contributed by atoms with Gasteiger partial charge in [-0.25, -0.2) is 5.32 Å². The van der Waals surface area contributed by atoms with Crippen LogP contribution >= 0.6 is 0 Å². The van der Waals surface area contributed by atoms with Gasteiger partial charge in [-0.1, -0.05) is 32.3 Å². The molecule has 0 aromatic rings. The summed E-state index contributed by atoms with van der Waals surface area (Å²) in [5.74, 6) is 0. The van der Waals surface area contributed by atoms with Crippen LogP contribution in [0.4, 0.5) is 0 Å². The van der Waals surface area contributed by atoms with Gasteiger partial charge in [0.25, 0.3) is 0 Å². The Balaban J connectivity index is 2.70. The number of rotatable bonds is 7. The van der Waals surface area contributed by atoms with Crippen molar-refractivity contribution in [2.75, 3.05) is 13.1 Å². The minimum Gasteiger partial charge on any atom is -0.238 e. The molecule has 0 rings (SSSR count). The average molecular weight is 140 g/mol. The van der Waals surface area contributed by atoms with E-state index in [9.17, 15) is 0 Å². The summed E-state index contributed by atoms with van der Waals surface area (Å²) in [6.07, 6.45) is 7.09. The van der Waals surface area contributed by atoms with Gasteiger partial charge in [-0.05, 0) is 6.42 Å². The van der Waals surface area contributed by atoms with E-state index in [1.807, 2.05) is 6.08 Å². The Labute approximate surface area is 64.5 Å². The van der Waals surface area contributed by atoms with E-state index in [1.54, 1.807) is 0 Å². The number of hydrogen-bond donors (Lipinski definition) is 0. The van der Waals surface area contributed by atoms with Crippen molar-refractivity contribution in [3.63, 3.8) is 0 Å². The second-order valence-corrected chi connectivity index (χ2v) is 2.48. The van der Waals surface area contributed by atoms with E-state index >= 15 is 0 Å². The van der Waals surface area contributed by atoms with Gasteiger partial charge >= 0.3 is 0 Å². The predicted molar refractivity (Wildman–Crippen MR) is 46.2 cm³/mol.